The van der Waals surface area contributed by atoms with Crippen LogP contribution in [0.3, 0.4) is 0 Å². The Balaban J connectivity index is 2.16. The van der Waals surface area contributed by atoms with E-state index in [0.29, 0.717) is 12.1 Å². The monoisotopic (exact) mass is 268 g/mol. The molecule has 2 rings (SSSR count). The molecule has 1 atom stereocenters. The number of amides is 1. The molecule has 104 valence electrons. The number of hydrogen-bond acceptors (Lipinski definition) is 2. The highest BCUT2D eigenvalue weighted by molar-refractivity contribution is 5.85. The van der Waals surface area contributed by atoms with Crippen molar-refractivity contribution in [2.24, 2.45) is 11.1 Å². The van der Waals surface area contributed by atoms with Gasteiger partial charge in [0.25, 0.3) is 0 Å². The van der Waals surface area contributed by atoms with Crippen molar-refractivity contribution < 1.29 is 13.6 Å². The van der Waals surface area contributed by atoms with Gasteiger partial charge in [-0.2, -0.15) is 0 Å². The maximum atomic E-state index is 13.2. The fourth-order valence-electron chi connectivity index (χ4n) is 2.20. The topological polar surface area (TPSA) is 46.3 Å². The van der Waals surface area contributed by atoms with Crippen molar-refractivity contribution in [1.82, 2.24) is 4.90 Å². The molecule has 0 bridgehead atoms. The quantitative estimate of drug-likeness (QED) is 0.910. The Labute approximate surface area is 111 Å². The maximum Gasteiger partial charge on any atom is 0.230 e. The lowest BCUT2D eigenvalue weighted by atomic mass is 10.0. The third-order valence-electron chi connectivity index (χ3n) is 4.03. The normalized spacial score (nSPS) is 17.9. The summed E-state index contributed by atoms with van der Waals surface area (Å²) in [5.74, 6) is -1.80. The summed E-state index contributed by atoms with van der Waals surface area (Å²) in [4.78, 5) is 13.9. The van der Waals surface area contributed by atoms with Gasteiger partial charge in [-0.15, -0.1) is 0 Å². The van der Waals surface area contributed by atoms with Crippen molar-refractivity contribution in [2.75, 3.05) is 13.6 Å². The molecule has 1 aromatic carbocycles. The Kier molecular flexibility index (Phi) is 3.58. The van der Waals surface area contributed by atoms with Crippen LogP contribution in [-0.2, 0) is 4.79 Å². The molecule has 1 amide bonds. The first-order valence-corrected chi connectivity index (χ1v) is 6.33. The molecule has 5 heteroatoms. The molecule has 1 aliphatic rings. The molecule has 1 aliphatic carbocycles. The number of halogens is 2. The second-order valence-corrected chi connectivity index (χ2v) is 5.25. The van der Waals surface area contributed by atoms with E-state index in [0.717, 1.165) is 25.0 Å². The average molecular weight is 268 g/mol. The molecule has 0 aliphatic heterocycles. The number of rotatable bonds is 4. The van der Waals surface area contributed by atoms with Gasteiger partial charge < -0.3 is 10.6 Å². The largest absolute Gasteiger partial charge is 0.338 e. The van der Waals surface area contributed by atoms with E-state index in [4.69, 9.17) is 5.73 Å². The van der Waals surface area contributed by atoms with Crippen LogP contribution in [-0.4, -0.2) is 24.4 Å². The van der Waals surface area contributed by atoms with E-state index in [2.05, 4.69) is 0 Å². The van der Waals surface area contributed by atoms with Crippen LogP contribution in [0, 0.1) is 17.0 Å². The fraction of sp³-hybridized carbons (Fsp3) is 0.500. The molecule has 1 saturated carbocycles. The molecule has 0 heterocycles. The zero-order chi connectivity index (χ0) is 14.2. The van der Waals surface area contributed by atoms with Crippen LogP contribution in [0.2, 0.25) is 0 Å². The van der Waals surface area contributed by atoms with Gasteiger partial charge in [0, 0.05) is 13.6 Å². The van der Waals surface area contributed by atoms with Crippen molar-refractivity contribution in [3.8, 4) is 0 Å². The van der Waals surface area contributed by atoms with Crippen LogP contribution < -0.4 is 5.73 Å². The lowest BCUT2D eigenvalue weighted by Gasteiger charge is -2.29. The van der Waals surface area contributed by atoms with E-state index in [1.165, 1.54) is 6.07 Å². The van der Waals surface area contributed by atoms with Gasteiger partial charge in [0.1, 0.15) is 0 Å². The van der Waals surface area contributed by atoms with Crippen LogP contribution in [0.25, 0.3) is 0 Å². The molecule has 2 N–H and O–H groups in total. The second-order valence-electron chi connectivity index (χ2n) is 5.25. The standard InChI is InChI=1S/C14H18F2N2O/c1-9(10-3-4-11(15)12(16)7-10)18(2)13(19)14(8-17)5-6-14/h3-4,7,9H,5-6,8,17H2,1-2H3. The van der Waals surface area contributed by atoms with E-state index < -0.39 is 17.0 Å². The van der Waals surface area contributed by atoms with Gasteiger partial charge in [-0.1, -0.05) is 6.07 Å². The SMILES string of the molecule is CC(c1ccc(F)c(F)c1)N(C)C(=O)C1(CN)CC1. The van der Waals surface area contributed by atoms with Gasteiger partial charge in [-0.3, -0.25) is 4.79 Å². The number of carbonyl (C=O) groups is 1. The van der Waals surface area contributed by atoms with Gasteiger partial charge in [0.05, 0.1) is 11.5 Å². The van der Waals surface area contributed by atoms with Crippen molar-refractivity contribution in [3.05, 3.63) is 35.4 Å². The summed E-state index contributed by atoms with van der Waals surface area (Å²) in [5, 5.41) is 0. The molecular formula is C14H18F2N2O. The fourth-order valence-corrected chi connectivity index (χ4v) is 2.20. The van der Waals surface area contributed by atoms with Crippen molar-refractivity contribution in [1.29, 1.82) is 0 Å². The summed E-state index contributed by atoms with van der Waals surface area (Å²) < 4.78 is 26.1. The van der Waals surface area contributed by atoms with Gasteiger partial charge in [0.15, 0.2) is 11.6 Å². The van der Waals surface area contributed by atoms with E-state index in [1.54, 1.807) is 18.9 Å². The molecule has 1 unspecified atom stereocenters. The van der Waals surface area contributed by atoms with E-state index in [-0.39, 0.29) is 11.9 Å². The molecule has 1 aromatic rings. The molecule has 0 saturated heterocycles. The van der Waals surface area contributed by atoms with Gasteiger partial charge in [-0.05, 0) is 37.5 Å². The van der Waals surface area contributed by atoms with E-state index >= 15 is 0 Å². The van der Waals surface area contributed by atoms with Crippen LogP contribution in [0.4, 0.5) is 8.78 Å². The van der Waals surface area contributed by atoms with Crippen LogP contribution in [0.15, 0.2) is 18.2 Å². The van der Waals surface area contributed by atoms with Gasteiger partial charge in [0.2, 0.25) is 5.91 Å². The smallest absolute Gasteiger partial charge is 0.230 e. The Morgan fingerprint density at radius 3 is 2.53 bits per heavy atom. The van der Waals surface area contributed by atoms with Gasteiger partial charge >= 0.3 is 0 Å². The third kappa shape index (κ3) is 2.47. The van der Waals surface area contributed by atoms with Crippen LogP contribution in [0.1, 0.15) is 31.4 Å². The minimum absolute atomic E-state index is 0.0211. The highest BCUT2D eigenvalue weighted by Crippen LogP contribution is 2.46. The van der Waals surface area contributed by atoms with Crippen molar-refractivity contribution in [3.63, 3.8) is 0 Å². The minimum Gasteiger partial charge on any atom is -0.338 e. The Hall–Kier alpha value is -1.49. The highest BCUT2D eigenvalue weighted by Gasteiger charge is 2.50. The minimum atomic E-state index is -0.898. The summed E-state index contributed by atoms with van der Waals surface area (Å²) in [5.41, 5.74) is 5.78. The second kappa shape index (κ2) is 4.89. The van der Waals surface area contributed by atoms with Gasteiger partial charge in [-0.25, -0.2) is 8.78 Å². The molecular weight excluding hydrogens is 250 g/mol. The zero-order valence-electron chi connectivity index (χ0n) is 11.1. The van der Waals surface area contributed by atoms with Crippen LogP contribution >= 0.6 is 0 Å². The Morgan fingerprint density at radius 1 is 1.42 bits per heavy atom. The first kappa shape index (κ1) is 13.9. The summed E-state index contributed by atoms with van der Waals surface area (Å²) in [7, 11) is 1.67. The number of nitrogens with two attached hydrogens (primary N) is 1. The predicted molar refractivity (Wildman–Crippen MR) is 68.3 cm³/mol. The molecule has 1 fully saturated rings. The Bertz CT molecular complexity index is 500. The predicted octanol–water partition coefficient (Wildman–Crippen LogP) is 2.22. The maximum absolute atomic E-state index is 13.2. The lowest BCUT2D eigenvalue weighted by Crippen LogP contribution is -2.39. The molecule has 0 aromatic heterocycles. The average Bonchev–Trinajstić information content (AvgIpc) is 3.20. The molecule has 0 spiro atoms. The summed E-state index contributed by atoms with van der Waals surface area (Å²) >= 11 is 0. The Morgan fingerprint density at radius 2 is 2.05 bits per heavy atom. The molecule has 0 radical (unpaired) electrons. The number of benzene rings is 1. The number of nitrogens with zero attached hydrogens (tertiary/aromatic N) is 1. The first-order chi connectivity index (χ1) is 8.91. The first-order valence-electron chi connectivity index (χ1n) is 6.33. The lowest BCUT2D eigenvalue weighted by molar-refractivity contribution is -0.137. The number of carbonyl (C=O) groups excluding carboxylic acids is 1. The third-order valence-corrected chi connectivity index (χ3v) is 4.03. The van der Waals surface area contributed by atoms with Crippen molar-refractivity contribution in [2.45, 2.75) is 25.8 Å². The van der Waals surface area contributed by atoms with Crippen LogP contribution in [0.5, 0.6) is 0 Å². The summed E-state index contributed by atoms with van der Waals surface area (Å²) in [6, 6.07) is 3.39. The molecule has 19 heavy (non-hydrogen) atoms. The zero-order valence-corrected chi connectivity index (χ0v) is 11.1. The van der Waals surface area contributed by atoms with E-state index in [1.807, 2.05) is 0 Å². The summed E-state index contributed by atoms with van der Waals surface area (Å²) in [6.45, 7) is 2.12. The molecule has 3 nitrogen and oxygen atoms in total. The van der Waals surface area contributed by atoms with Crippen molar-refractivity contribution >= 4 is 5.91 Å². The highest BCUT2D eigenvalue weighted by atomic mass is 19.2. The number of hydrogen-bond donors (Lipinski definition) is 1. The summed E-state index contributed by atoms with van der Waals surface area (Å²) in [6.07, 6.45) is 1.61. The van der Waals surface area contributed by atoms with E-state index in [9.17, 15) is 13.6 Å².